The zero-order chi connectivity index (χ0) is 46.4. The summed E-state index contributed by atoms with van der Waals surface area (Å²) in [6.07, 6.45) is 16.6. The normalized spacial score (nSPS) is 17.9. The first-order valence-corrected chi connectivity index (χ1v) is 24.1. The topological polar surface area (TPSA) is 126 Å². The molecule has 6 rings (SSSR count). The smallest absolute Gasteiger partial charge is 0.657 e. The number of aromatic nitrogens is 4. The number of carbonyl (C=O) groups excluding carboxylic acids is 3. The number of esters is 2. The molecule has 0 saturated carbocycles. The standard InChI is InChI=1S/C55H73N4O5.Mg/c1-13-39-35(8)42-28-44-37(10)41(24-25-48(60)64-27-26-34(7)23-17-22-33(6)21-16-20-32(5)19-15-18-31(3)4)52(58-44)50-51(55(62)63-12)54(61)49-38(11)45(59-53(49)50)30-47-40(14-2)36(9)43(57-47)29-46(39)56-42;/h13,26,28-33,37,41,51H,1,14-25,27H2,2-12H3,(H-,56,57,58,59,61);/q-1;+2/p+1/b34-26+;/t32-,33-,37+,41+,51+;/m1./s1. The molecule has 2 N–H and O–H groups in total. The van der Waals surface area contributed by atoms with Gasteiger partial charge in [0.05, 0.1) is 18.9 Å². The molecule has 0 amide bonds. The van der Waals surface area contributed by atoms with Gasteiger partial charge < -0.3 is 19.4 Å². The van der Waals surface area contributed by atoms with Gasteiger partial charge in [-0.3, -0.25) is 14.4 Å². The number of hydrogen-bond donors (Lipinski definition) is 0. The van der Waals surface area contributed by atoms with Gasteiger partial charge in [-0.25, -0.2) is 9.97 Å². The van der Waals surface area contributed by atoms with E-state index in [1.54, 1.807) is 0 Å². The third-order valence-corrected chi connectivity index (χ3v) is 14.4. The number of carbonyl (C=O) groups is 3. The van der Waals surface area contributed by atoms with Gasteiger partial charge in [-0.05, 0) is 101 Å². The second kappa shape index (κ2) is 22.9. The summed E-state index contributed by atoms with van der Waals surface area (Å²) in [4.78, 5) is 59.0. The van der Waals surface area contributed by atoms with Crippen molar-refractivity contribution in [3.63, 3.8) is 0 Å². The Hall–Kier alpha value is -4.28. The van der Waals surface area contributed by atoms with Crippen LogP contribution in [0.15, 0.2) is 36.4 Å². The molecule has 1 aliphatic carbocycles. The van der Waals surface area contributed by atoms with E-state index in [1.807, 2.05) is 25.1 Å². The Bertz CT molecular complexity index is 2490. The first-order valence-electron chi connectivity index (χ1n) is 24.1. The number of nitrogens with zero attached hydrogens (tertiary/aromatic N) is 2. The van der Waals surface area contributed by atoms with Gasteiger partial charge in [0.25, 0.3) is 0 Å². The van der Waals surface area contributed by atoms with Crippen LogP contribution in [0.4, 0.5) is 0 Å². The molecule has 0 unspecified atom stereocenters. The maximum atomic E-state index is 14.4. The van der Waals surface area contributed by atoms with Crippen LogP contribution in [0.25, 0.3) is 39.3 Å². The van der Waals surface area contributed by atoms with Crippen LogP contribution in [0.5, 0.6) is 0 Å². The van der Waals surface area contributed by atoms with Crippen LogP contribution < -0.4 is 19.9 Å². The Kier molecular flexibility index (Phi) is 18.3. The van der Waals surface area contributed by atoms with Gasteiger partial charge in [-0.15, -0.1) is 22.1 Å². The number of nitrogens with one attached hydrogen (secondary N) is 2. The van der Waals surface area contributed by atoms with Crippen molar-refractivity contribution >= 4 is 80.1 Å². The largest absolute Gasteiger partial charge is 2.00 e. The fourth-order valence-corrected chi connectivity index (χ4v) is 10.3. The van der Waals surface area contributed by atoms with E-state index in [1.165, 1.54) is 57.6 Å². The van der Waals surface area contributed by atoms with E-state index in [-0.39, 0.29) is 59.7 Å². The molecule has 3 aromatic heterocycles. The maximum absolute atomic E-state index is 14.4. The fourth-order valence-electron chi connectivity index (χ4n) is 10.3. The van der Waals surface area contributed by atoms with Crippen molar-refractivity contribution in [2.24, 2.45) is 17.8 Å². The monoisotopic (exact) mass is 895 g/mol. The molecule has 10 heteroatoms. The van der Waals surface area contributed by atoms with Crippen molar-refractivity contribution in [1.82, 2.24) is 9.97 Å². The number of aryl methyl sites for hydroxylation is 2. The maximum Gasteiger partial charge on any atom is 2.00 e. The van der Waals surface area contributed by atoms with E-state index >= 15 is 0 Å². The number of rotatable bonds is 20. The summed E-state index contributed by atoms with van der Waals surface area (Å²) in [6, 6.07) is 6.14. The molecule has 344 valence electrons. The average molecular weight is 896 g/mol. The fraction of sp³-hybridized carbons (Fsp3) is 0.545. The van der Waals surface area contributed by atoms with Gasteiger partial charge >= 0.3 is 35.0 Å². The molecule has 0 radical (unpaired) electrons. The quantitative estimate of drug-likeness (QED) is 0.0478. The van der Waals surface area contributed by atoms with Crippen LogP contribution >= 0.6 is 0 Å². The van der Waals surface area contributed by atoms with Gasteiger partial charge in [0.1, 0.15) is 12.5 Å². The molecule has 65 heavy (non-hydrogen) atoms. The number of allylic oxidation sites excluding steroid dienone is 3. The van der Waals surface area contributed by atoms with Crippen molar-refractivity contribution in [2.75, 3.05) is 13.7 Å². The first-order chi connectivity index (χ1) is 30.6. The van der Waals surface area contributed by atoms with Crippen LogP contribution in [0.1, 0.15) is 206 Å². The molecule has 3 aliphatic rings. The summed E-state index contributed by atoms with van der Waals surface area (Å²) in [5.41, 5.74) is 13.3. The summed E-state index contributed by atoms with van der Waals surface area (Å²) >= 11 is 0. The summed E-state index contributed by atoms with van der Waals surface area (Å²) < 4.78 is 11.1. The van der Waals surface area contributed by atoms with Gasteiger partial charge in [0, 0.05) is 28.7 Å². The Balaban J connectivity index is 0.00000793. The second-order valence-electron chi connectivity index (χ2n) is 19.6. The number of ether oxygens (including phenoxy) is 2. The third kappa shape index (κ3) is 11.6. The van der Waals surface area contributed by atoms with Gasteiger partial charge in [0.15, 0.2) is 17.2 Å². The minimum atomic E-state index is -1.18. The van der Waals surface area contributed by atoms with E-state index in [2.05, 4.69) is 91.0 Å². The SMILES string of the molecule is C=Cc1c(C)c2cc3[nH+]c(c4c5[n-]c(cc6[nH+]c(cc1[n-]2)C(C)=C6CC)c(C)c5C(=O)[C@H]4C(=O)OC)[C@@H](CCC(=O)OC/C=C(\C)CCC[C@H](C)CCC[C@H](C)CCCC(C)C)[C@@H]3C.[Mg+2]. The molecule has 0 spiro atoms. The van der Waals surface area contributed by atoms with Crippen LogP contribution in [-0.2, 0) is 19.1 Å². The van der Waals surface area contributed by atoms with E-state index in [4.69, 9.17) is 19.4 Å². The minimum Gasteiger partial charge on any atom is -0.657 e. The average Bonchev–Trinajstić information content (AvgIpc) is 3.99. The summed E-state index contributed by atoms with van der Waals surface area (Å²) in [6.45, 7) is 26.2. The Morgan fingerprint density at radius 1 is 0.862 bits per heavy atom. The van der Waals surface area contributed by atoms with Gasteiger partial charge in [-0.1, -0.05) is 116 Å². The number of aromatic amines is 2. The second-order valence-corrected chi connectivity index (χ2v) is 19.6. The first kappa shape index (κ1) is 51.7. The van der Waals surface area contributed by atoms with Crippen molar-refractivity contribution in [2.45, 2.75) is 164 Å². The number of methoxy groups -OCH3 is 1. The summed E-state index contributed by atoms with van der Waals surface area (Å²) in [7, 11) is 1.31. The molecule has 0 saturated heterocycles. The van der Waals surface area contributed by atoms with Crippen molar-refractivity contribution in [3.8, 4) is 0 Å². The van der Waals surface area contributed by atoms with Crippen LogP contribution in [0, 0.1) is 31.6 Å². The number of fused-ring (bicyclic) bond motifs is 8. The molecule has 8 bridgehead atoms. The van der Waals surface area contributed by atoms with Crippen LogP contribution in [0.3, 0.4) is 0 Å². The predicted octanol–water partition coefficient (Wildman–Crippen LogP) is 11.7. The van der Waals surface area contributed by atoms with Crippen molar-refractivity contribution in [3.05, 3.63) is 87.0 Å². The molecular formula is C55H74MgN4O5+2. The Morgan fingerprint density at radius 2 is 1.51 bits per heavy atom. The molecule has 0 fully saturated rings. The number of ketones is 1. The predicted molar refractivity (Wildman–Crippen MR) is 263 cm³/mol. The zero-order valence-corrected chi connectivity index (χ0v) is 42.8. The van der Waals surface area contributed by atoms with E-state index in [9.17, 15) is 14.4 Å². The molecule has 0 aromatic carbocycles. The zero-order valence-electron chi connectivity index (χ0n) is 41.4. The van der Waals surface area contributed by atoms with E-state index in [0.717, 1.165) is 87.4 Å². The van der Waals surface area contributed by atoms with E-state index < -0.39 is 11.9 Å². The number of Topliss-reactive ketones (excluding diaryl/α,β-unsaturated/α-hetero) is 1. The Morgan fingerprint density at radius 3 is 2.15 bits per heavy atom. The van der Waals surface area contributed by atoms with Crippen LogP contribution in [-0.4, -0.2) is 54.5 Å². The molecule has 9 nitrogen and oxygen atoms in total. The van der Waals surface area contributed by atoms with Crippen molar-refractivity contribution in [1.29, 1.82) is 0 Å². The van der Waals surface area contributed by atoms with E-state index in [0.29, 0.717) is 39.8 Å². The third-order valence-electron chi connectivity index (χ3n) is 14.4. The number of hydrogen-bond acceptors (Lipinski definition) is 5. The summed E-state index contributed by atoms with van der Waals surface area (Å²) in [5, 5.41) is 0. The molecule has 5 heterocycles. The number of H-pyrrole nitrogens is 2. The van der Waals surface area contributed by atoms with Gasteiger partial charge in [-0.2, -0.15) is 0 Å². The summed E-state index contributed by atoms with van der Waals surface area (Å²) in [5.74, 6) is -0.467. The minimum absolute atomic E-state index is 0. The molecular weight excluding hydrogens is 821 g/mol. The van der Waals surface area contributed by atoms with Gasteiger partial charge in [0.2, 0.25) is 11.4 Å². The molecule has 5 atom stereocenters. The Labute approximate surface area is 404 Å². The van der Waals surface area contributed by atoms with Crippen LogP contribution in [0.2, 0.25) is 0 Å². The van der Waals surface area contributed by atoms with Crippen molar-refractivity contribution < 1.29 is 33.8 Å². The molecule has 3 aromatic rings. The molecule has 2 aliphatic heterocycles.